The lowest BCUT2D eigenvalue weighted by Gasteiger charge is -2.27. The van der Waals surface area contributed by atoms with Crippen LogP contribution in [0.2, 0.25) is 0 Å². The Bertz CT molecular complexity index is 641. The number of ether oxygens (including phenoxy) is 1. The molecule has 1 fully saturated rings. The second-order valence-electron chi connectivity index (χ2n) is 5.10. The van der Waals surface area contributed by atoms with E-state index in [2.05, 4.69) is 9.97 Å². The molecule has 1 unspecified atom stereocenters. The van der Waals surface area contributed by atoms with Gasteiger partial charge >= 0.3 is 0 Å². The lowest BCUT2D eigenvalue weighted by Crippen LogP contribution is -2.44. The van der Waals surface area contributed by atoms with E-state index in [0.29, 0.717) is 16.9 Å². The molecule has 3 heterocycles. The Balaban J connectivity index is 2.10. The van der Waals surface area contributed by atoms with Gasteiger partial charge in [-0.05, 0) is 13.0 Å². The number of hydrogen-bond donors (Lipinski definition) is 4. The highest BCUT2D eigenvalue weighted by atomic mass is 16.6. The van der Waals surface area contributed by atoms with Gasteiger partial charge in [0, 0.05) is 6.20 Å². The summed E-state index contributed by atoms with van der Waals surface area (Å²) in [5, 5.41) is 30.3. The third-order valence-corrected chi connectivity index (χ3v) is 3.73. The van der Waals surface area contributed by atoms with Gasteiger partial charge in [0.25, 0.3) is 0 Å². The zero-order chi connectivity index (χ0) is 14.5. The van der Waals surface area contributed by atoms with Crippen molar-refractivity contribution in [1.82, 2.24) is 14.5 Å². The van der Waals surface area contributed by atoms with Crippen LogP contribution in [0.3, 0.4) is 0 Å². The van der Waals surface area contributed by atoms with E-state index in [1.54, 1.807) is 16.8 Å². The Morgan fingerprint density at radius 1 is 1.50 bits per heavy atom. The highest BCUT2D eigenvalue weighted by molar-refractivity contribution is 5.86. The highest BCUT2D eigenvalue weighted by Crippen LogP contribution is 2.39. The van der Waals surface area contributed by atoms with Crippen molar-refractivity contribution in [3.63, 3.8) is 0 Å². The van der Waals surface area contributed by atoms with Gasteiger partial charge in [-0.2, -0.15) is 0 Å². The molecule has 8 heteroatoms. The molecule has 0 aliphatic carbocycles. The fourth-order valence-corrected chi connectivity index (χ4v) is 2.57. The summed E-state index contributed by atoms with van der Waals surface area (Å²) in [4.78, 5) is 8.01. The summed E-state index contributed by atoms with van der Waals surface area (Å²) in [6.07, 6.45) is 0.0428. The van der Waals surface area contributed by atoms with E-state index in [9.17, 15) is 15.3 Å². The van der Waals surface area contributed by atoms with Crippen molar-refractivity contribution in [2.24, 2.45) is 0 Å². The Morgan fingerprint density at radius 3 is 2.90 bits per heavy atom. The molecular weight excluding hydrogens is 264 g/mol. The van der Waals surface area contributed by atoms with Crippen LogP contribution in [0.25, 0.3) is 11.0 Å². The van der Waals surface area contributed by atoms with Gasteiger partial charge in [-0.15, -0.1) is 0 Å². The van der Waals surface area contributed by atoms with Gasteiger partial charge in [0.1, 0.15) is 35.6 Å². The van der Waals surface area contributed by atoms with Crippen molar-refractivity contribution in [1.29, 1.82) is 0 Å². The molecule has 4 atom stereocenters. The molecule has 2 aromatic heterocycles. The van der Waals surface area contributed by atoms with E-state index in [4.69, 9.17) is 10.5 Å². The minimum absolute atomic E-state index is 0.325. The SMILES string of the molecule is C[C@@]1(O)C(O)[C@@H](CO)O[C@H]1n1ccc2c(N)ncnc21. The van der Waals surface area contributed by atoms with Crippen LogP contribution in [0, 0.1) is 0 Å². The maximum absolute atomic E-state index is 10.4. The van der Waals surface area contributed by atoms with E-state index in [1.807, 2.05) is 0 Å². The van der Waals surface area contributed by atoms with Crippen LogP contribution < -0.4 is 5.73 Å². The second kappa shape index (κ2) is 4.38. The number of aliphatic hydroxyl groups is 3. The molecule has 0 saturated carbocycles. The van der Waals surface area contributed by atoms with Gasteiger partial charge < -0.3 is 30.4 Å². The molecule has 0 bridgehead atoms. The average Bonchev–Trinajstić information content (AvgIpc) is 2.92. The van der Waals surface area contributed by atoms with Crippen molar-refractivity contribution in [3.05, 3.63) is 18.6 Å². The fraction of sp³-hybridized carbons (Fsp3) is 0.500. The van der Waals surface area contributed by atoms with Crippen molar-refractivity contribution in [2.75, 3.05) is 12.3 Å². The first-order valence-electron chi connectivity index (χ1n) is 6.20. The summed E-state index contributed by atoms with van der Waals surface area (Å²) < 4.78 is 7.12. The zero-order valence-electron chi connectivity index (χ0n) is 10.8. The number of nitrogens with two attached hydrogens (primary N) is 1. The number of rotatable bonds is 2. The molecule has 0 aromatic carbocycles. The first-order chi connectivity index (χ1) is 9.46. The maximum Gasteiger partial charge on any atom is 0.167 e. The molecule has 2 aromatic rings. The molecule has 8 nitrogen and oxygen atoms in total. The minimum Gasteiger partial charge on any atom is -0.394 e. The predicted octanol–water partition coefficient (Wildman–Crippen LogP) is -0.985. The van der Waals surface area contributed by atoms with Crippen molar-refractivity contribution in [3.8, 4) is 0 Å². The summed E-state index contributed by atoms with van der Waals surface area (Å²) in [6.45, 7) is 1.07. The van der Waals surface area contributed by atoms with E-state index < -0.39 is 24.0 Å². The van der Waals surface area contributed by atoms with E-state index in [0.717, 1.165) is 0 Å². The number of aromatic nitrogens is 3. The Hall–Kier alpha value is -1.74. The van der Waals surface area contributed by atoms with E-state index in [-0.39, 0.29) is 6.61 Å². The molecule has 1 aliphatic heterocycles. The third-order valence-electron chi connectivity index (χ3n) is 3.73. The molecule has 1 saturated heterocycles. The molecule has 3 rings (SSSR count). The topological polar surface area (TPSA) is 127 Å². The first kappa shape index (κ1) is 13.3. The second-order valence-corrected chi connectivity index (χ2v) is 5.10. The molecule has 20 heavy (non-hydrogen) atoms. The van der Waals surface area contributed by atoms with E-state index >= 15 is 0 Å². The lowest BCUT2D eigenvalue weighted by molar-refractivity contribution is -0.0948. The normalized spacial score (nSPS) is 33.9. The van der Waals surface area contributed by atoms with Crippen molar-refractivity contribution < 1.29 is 20.1 Å². The number of nitrogen functional groups attached to an aromatic ring is 1. The summed E-state index contributed by atoms with van der Waals surface area (Å²) in [6, 6.07) is 1.71. The monoisotopic (exact) mass is 280 g/mol. The number of aliphatic hydroxyl groups excluding tert-OH is 2. The molecule has 1 aliphatic rings. The quantitative estimate of drug-likeness (QED) is 0.556. The van der Waals surface area contributed by atoms with Crippen LogP contribution in [-0.2, 0) is 4.74 Å². The van der Waals surface area contributed by atoms with Crippen LogP contribution in [0.5, 0.6) is 0 Å². The number of fused-ring (bicyclic) bond motifs is 1. The van der Waals surface area contributed by atoms with Crippen LogP contribution in [0.4, 0.5) is 5.82 Å². The van der Waals surface area contributed by atoms with E-state index in [1.165, 1.54) is 13.3 Å². The maximum atomic E-state index is 10.4. The van der Waals surface area contributed by atoms with Gasteiger partial charge in [-0.25, -0.2) is 9.97 Å². The molecule has 0 spiro atoms. The molecule has 0 radical (unpaired) electrons. The highest BCUT2D eigenvalue weighted by Gasteiger charge is 2.53. The van der Waals surface area contributed by atoms with Gasteiger partial charge in [-0.3, -0.25) is 0 Å². The summed E-state index contributed by atoms with van der Waals surface area (Å²) in [5.74, 6) is 0.325. The zero-order valence-corrected chi connectivity index (χ0v) is 10.8. The first-order valence-corrected chi connectivity index (χ1v) is 6.20. The third kappa shape index (κ3) is 1.70. The Labute approximate surface area is 114 Å². The largest absolute Gasteiger partial charge is 0.394 e. The standard InChI is InChI=1S/C12H16N4O4/c1-12(19)8(18)7(4-17)20-11(12)16-3-2-6-9(13)14-5-15-10(6)16/h2-3,5,7-8,11,17-19H,4H2,1H3,(H2,13,14,15)/t7-,8?,11-,12-/m1/s1. The Morgan fingerprint density at radius 2 is 2.25 bits per heavy atom. The van der Waals surface area contributed by atoms with Crippen LogP contribution in [0.15, 0.2) is 18.6 Å². The van der Waals surface area contributed by atoms with Crippen molar-refractivity contribution in [2.45, 2.75) is 31.0 Å². The predicted molar refractivity (Wildman–Crippen MR) is 69.6 cm³/mol. The molecule has 5 N–H and O–H groups in total. The van der Waals surface area contributed by atoms with Crippen LogP contribution in [0.1, 0.15) is 13.2 Å². The van der Waals surface area contributed by atoms with Gasteiger partial charge in [-0.1, -0.05) is 0 Å². The molecule has 0 amide bonds. The van der Waals surface area contributed by atoms with Gasteiger partial charge in [0.2, 0.25) is 0 Å². The smallest absolute Gasteiger partial charge is 0.167 e. The summed E-state index contributed by atoms with van der Waals surface area (Å²) >= 11 is 0. The molecule has 108 valence electrons. The van der Waals surface area contributed by atoms with Gasteiger partial charge in [0.15, 0.2) is 6.23 Å². The van der Waals surface area contributed by atoms with Crippen LogP contribution in [-0.4, -0.2) is 54.3 Å². The van der Waals surface area contributed by atoms with Gasteiger partial charge in [0.05, 0.1) is 12.0 Å². The fourth-order valence-electron chi connectivity index (χ4n) is 2.57. The van der Waals surface area contributed by atoms with Crippen LogP contribution >= 0.6 is 0 Å². The number of hydrogen-bond acceptors (Lipinski definition) is 7. The number of anilines is 1. The number of nitrogens with zero attached hydrogens (tertiary/aromatic N) is 3. The Kier molecular flexibility index (Phi) is 2.91. The summed E-state index contributed by atoms with van der Waals surface area (Å²) in [5.41, 5.74) is 4.70. The summed E-state index contributed by atoms with van der Waals surface area (Å²) in [7, 11) is 0. The average molecular weight is 280 g/mol. The molecular formula is C12H16N4O4. The lowest BCUT2D eigenvalue weighted by atomic mass is 9.96. The minimum atomic E-state index is -1.56. The van der Waals surface area contributed by atoms with Crippen molar-refractivity contribution >= 4 is 16.9 Å².